The van der Waals surface area contributed by atoms with Gasteiger partial charge in [-0.3, -0.25) is 14.9 Å². The van der Waals surface area contributed by atoms with Crippen LogP contribution in [0.15, 0.2) is 85.5 Å². The lowest BCUT2D eigenvalue weighted by Crippen LogP contribution is -2.01. The number of benzene rings is 3. The molecule has 146 valence electrons. The van der Waals surface area contributed by atoms with Crippen molar-refractivity contribution in [2.24, 2.45) is 0 Å². The van der Waals surface area contributed by atoms with Gasteiger partial charge in [-0.2, -0.15) is 0 Å². The zero-order chi connectivity index (χ0) is 21.0. The van der Waals surface area contributed by atoms with E-state index in [-0.39, 0.29) is 5.78 Å². The summed E-state index contributed by atoms with van der Waals surface area (Å²) >= 11 is 8.09. The van der Waals surface area contributed by atoms with Gasteiger partial charge in [0.25, 0.3) is 0 Å². The predicted octanol–water partition coefficient (Wildman–Crippen LogP) is 6.84. The average Bonchev–Trinajstić information content (AvgIpc) is 2.70. The molecule has 0 aromatic heterocycles. The van der Waals surface area contributed by atoms with Crippen LogP contribution in [0.1, 0.15) is 15.9 Å². The molecule has 0 heterocycles. The highest BCUT2D eigenvalue weighted by Gasteiger charge is 2.18. The van der Waals surface area contributed by atoms with E-state index < -0.39 is 16.4 Å². The van der Waals surface area contributed by atoms with Crippen LogP contribution >= 0.6 is 43.6 Å². The maximum absolute atomic E-state index is 13.2. The Morgan fingerprint density at radius 3 is 2.38 bits per heavy atom. The van der Waals surface area contributed by atoms with Crippen LogP contribution in [0.2, 0.25) is 0 Å². The average molecular weight is 535 g/mol. The third-order valence-corrected chi connectivity index (χ3v) is 6.46. The summed E-state index contributed by atoms with van der Waals surface area (Å²) < 4.78 is 1.68. The first-order chi connectivity index (χ1) is 13.8. The molecule has 0 unspecified atom stereocenters. The summed E-state index contributed by atoms with van der Waals surface area (Å²) in [6.07, 6.45) is 1.58. The van der Waals surface area contributed by atoms with E-state index in [9.17, 15) is 20.0 Å². The van der Waals surface area contributed by atoms with Gasteiger partial charge in [0, 0.05) is 25.5 Å². The van der Waals surface area contributed by atoms with Crippen LogP contribution in [0.3, 0.4) is 0 Å². The molecule has 5 nitrogen and oxygen atoms in total. The lowest BCUT2D eigenvalue weighted by Gasteiger charge is -2.09. The first-order valence-corrected chi connectivity index (χ1v) is 10.7. The van der Waals surface area contributed by atoms with E-state index in [1.165, 1.54) is 30.0 Å². The quantitative estimate of drug-likeness (QED) is 0.123. The zero-order valence-electron chi connectivity index (χ0n) is 14.7. The van der Waals surface area contributed by atoms with Crippen molar-refractivity contribution >= 4 is 61.2 Å². The molecule has 3 aromatic rings. The van der Waals surface area contributed by atoms with Crippen LogP contribution < -0.4 is 0 Å². The van der Waals surface area contributed by atoms with E-state index in [1.54, 1.807) is 30.3 Å². The number of carbonyl (C=O) groups excluding carboxylic acids is 1. The van der Waals surface area contributed by atoms with Gasteiger partial charge < -0.3 is 5.11 Å². The zero-order valence-corrected chi connectivity index (χ0v) is 18.7. The van der Waals surface area contributed by atoms with Crippen molar-refractivity contribution in [3.05, 3.63) is 102 Å². The van der Waals surface area contributed by atoms with Crippen molar-refractivity contribution < 1.29 is 14.8 Å². The minimum Gasteiger partial charge on any atom is -0.502 e. The summed E-state index contributed by atoms with van der Waals surface area (Å²) in [4.78, 5) is 24.8. The number of nitro groups is 1. The number of phenolic OH excluding ortho intramolecular Hbond substituents is 1. The third kappa shape index (κ3) is 5.35. The van der Waals surface area contributed by atoms with Crippen LogP contribution in [-0.2, 0) is 0 Å². The number of halogens is 2. The molecule has 0 fully saturated rings. The fourth-order valence-electron chi connectivity index (χ4n) is 2.46. The number of rotatable bonds is 6. The highest BCUT2D eigenvalue weighted by molar-refractivity contribution is 9.10. The minimum atomic E-state index is -0.663. The number of thioether (sulfide) groups is 1. The Balaban J connectivity index is 2.07. The molecular weight excluding hydrogens is 522 g/mol. The molecule has 0 radical (unpaired) electrons. The van der Waals surface area contributed by atoms with Gasteiger partial charge in [-0.15, -0.1) is 0 Å². The van der Waals surface area contributed by atoms with Gasteiger partial charge in [0.15, 0.2) is 11.5 Å². The van der Waals surface area contributed by atoms with E-state index in [1.807, 2.05) is 24.3 Å². The molecule has 3 rings (SSSR count). The summed E-state index contributed by atoms with van der Waals surface area (Å²) in [6, 6.07) is 18.5. The molecule has 0 bridgehead atoms. The van der Waals surface area contributed by atoms with Crippen LogP contribution in [0.5, 0.6) is 5.75 Å². The van der Waals surface area contributed by atoms with E-state index in [2.05, 4.69) is 31.9 Å². The highest BCUT2D eigenvalue weighted by atomic mass is 79.9. The Labute approximate surface area is 187 Å². The Bertz CT molecular complexity index is 1110. The number of allylic oxidation sites excluding steroid dienone is 1. The number of carbonyl (C=O) groups is 1. The van der Waals surface area contributed by atoms with Crippen molar-refractivity contribution in [3.63, 3.8) is 0 Å². The summed E-state index contributed by atoms with van der Waals surface area (Å²) in [5, 5.41) is 20.8. The first-order valence-electron chi connectivity index (χ1n) is 8.27. The second kappa shape index (κ2) is 9.39. The topological polar surface area (TPSA) is 80.4 Å². The lowest BCUT2D eigenvalue weighted by molar-refractivity contribution is -0.385. The summed E-state index contributed by atoms with van der Waals surface area (Å²) in [7, 11) is 0. The molecule has 0 amide bonds. The third-order valence-electron chi connectivity index (χ3n) is 3.88. The Morgan fingerprint density at radius 2 is 1.72 bits per heavy atom. The Morgan fingerprint density at radius 1 is 1.03 bits per heavy atom. The number of nitrogens with zero attached hydrogens (tertiary/aromatic N) is 1. The van der Waals surface area contributed by atoms with Crippen molar-refractivity contribution in [3.8, 4) is 5.75 Å². The molecule has 0 aliphatic rings. The first kappa shape index (κ1) is 21.3. The highest BCUT2D eigenvalue weighted by Crippen LogP contribution is 2.36. The number of aromatic hydroxyl groups is 1. The normalized spacial score (nSPS) is 11.3. The SMILES string of the molecule is O=C(C(=Cc1ccc(O)c([N+](=O)[O-])c1)Sc1ccccc1Br)c1ccc(Br)cc1. The molecule has 1 N–H and O–H groups in total. The second-order valence-electron chi connectivity index (χ2n) is 5.88. The van der Waals surface area contributed by atoms with E-state index in [0.717, 1.165) is 13.8 Å². The van der Waals surface area contributed by atoms with Crippen LogP contribution in [0.4, 0.5) is 5.69 Å². The van der Waals surface area contributed by atoms with Crippen molar-refractivity contribution in [2.75, 3.05) is 0 Å². The van der Waals surface area contributed by atoms with Gasteiger partial charge >= 0.3 is 5.69 Å². The monoisotopic (exact) mass is 533 g/mol. The lowest BCUT2D eigenvalue weighted by atomic mass is 10.1. The summed E-state index contributed by atoms with van der Waals surface area (Å²) in [6.45, 7) is 0. The van der Waals surface area contributed by atoms with Crippen molar-refractivity contribution in [2.45, 2.75) is 4.90 Å². The van der Waals surface area contributed by atoms with Gasteiger partial charge in [-0.25, -0.2) is 0 Å². The van der Waals surface area contributed by atoms with E-state index in [4.69, 9.17) is 0 Å². The maximum atomic E-state index is 13.2. The van der Waals surface area contributed by atoms with E-state index in [0.29, 0.717) is 16.0 Å². The summed E-state index contributed by atoms with van der Waals surface area (Å²) in [5.41, 5.74) is 0.516. The molecule has 0 aliphatic carbocycles. The van der Waals surface area contributed by atoms with Gasteiger partial charge in [0.05, 0.1) is 9.83 Å². The largest absolute Gasteiger partial charge is 0.502 e. The molecule has 0 spiro atoms. The Hall–Kier alpha value is -2.42. The van der Waals surface area contributed by atoms with Gasteiger partial charge in [0.2, 0.25) is 0 Å². The van der Waals surface area contributed by atoms with Gasteiger partial charge in [-0.1, -0.05) is 45.9 Å². The second-order valence-corrected chi connectivity index (χ2v) is 8.74. The molecule has 0 saturated heterocycles. The Kier molecular flexibility index (Phi) is 6.89. The summed E-state index contributed by atoms with van der Waals surface area (Å²) in [5.74, 6) is -0.639. The molecule has 8 heteroatoms. The van der Waals surface area contributed by atoms with Crippen LogP contribution in [-0.4, -0.2) is 15.8 Å². The number of Topliss-reactive ketones (excluding diaryl/α,β-unsaturated/α-hetero) is 1. The van der Waals surface area contributed by atoms with Crippen molar-refractivity contribution in [1.82, 2.24) is 0 Å². The fraction of sp³-hybridized carbons (Fsp3) is 0. The number of nitro benzene ring substituents is 1. The molecule has 3 aromatic carbocycles. The number of ketones is 1. The fourth-order valence-corrected chi connectivity index (χ4v) is 4.21. The van der Waals surface area contributed by atoms with Crippen LogP contribution in [0, 0.1) is 10.1 Å². The van der Waals surface area contributed by atoms with Crippen LogP contribution in [0.25, 0.3) is 6.08 Å². The number of phenols is 1. The van der Waals surface area contributed by atoms with Gasteiger partial charge in [0.1, 0.15) is 0 Å². The minimum absolute atomic E-state index is 0.214. The van der Waals surface area contributed by atoms with E-state index >= 15 is 0 Å². The van der Waals surface area contributed by atoms with Crippen molar-refractivity contribution in [1.29, 1.82) is 0 Å². The molecule has 0 atom stereocenters. The molecule has 29 heavy (non-hydrogen) atoms. The number of hydrogen-bond donors (Lipinski definition) is 1. The molecule has 0 aliphatic heterocycles. The molecular formula is C21H13Br2NO4S. The van der Waals surface area contributed by atoms with Gasteiger partial charge in [-0.05, 0) is 70.0 Å². The standard InChI is InChI=1S/C21H13Br2NO4S/c22-15-8-6-14(7-9-15)21(26)20(29-19-4-2-1-3-16(19)23)12-13-5-10-18(25)17(11-13)24(27)28/h1-12,25H. The molecule has 0 saturated carbocycles. The maximum Gasteiger partial charge on any atom is 0.311 e. The smallest absolute Gasteiger partial charge is 0.311 e. The predicted molar refractivity (Wildman–Crippen MR) is 121 cm³/mol. The number of hydrogen-bond acceptors (Lipinski definition) is 5.